The first-order chi connectivity index (χ1) is 17.8. The molecule has 2 aromatic heterocycles. The van der Waals surface area contributed by atoms with Gasteiger partial charge in [-0.15, -0.1) is 0 Å². The molecule has 0 radical (unpaired) electrons. The minimum absolute atomic E-state index is 0.208. The number of amides is 1. The van der Waals surface area contributed by atoms with Crippen molar-refractivity contribution in [3.05, 3.63) is 74.5 Å². The molecule has 9 heteroatoms. The average molecular weight is 535 g/mol. The molecule has 2 aliphatic rings. The van der Waals surface area contributed by atoms with Crippen molar-refractivity contribution in [2.45, 2.75) is 52.1 Å². The molecule has 0 spiro atoms. The first kappa shape index (κ1) is 25.5. The summed E-state index contributed by atoms with van der Waals surface area (Å²) in [5.74, 6) is 1.77. The van der Waals surface area contributed by atoms with Crippen molar-refractivity contribution in [1.82, 2.24) is 14.3 Å². The molecule has 3 heterocycles. The Kier molecular flexibility index (Phi) is 7.35. The van der Waals surface area contributed by atoms with Gasteiger partial charge in [0.2, 0.25) is 0 Å². The first-order valence-electron chi connectivity index (χ1n) is 12.5. The molecule has 192 valence electrons. The number of thiocarbonyl (C=S) groups is 1. The number of hydrogen-bond acceptors (Lipinski definition) is 7. The van der Waals surface area contributed by atoms with Crippen molar-refractivity contribution in [2.24, 2.45) is 5.92 Å². The summed E-state index contributed by atoms with van der Waals surface area (Å²) >= 11 is 6.76. The lowest BCUT2D eigenvalue weighted by molar-refractivity contribution is -0.122. The SMILES string of the molecule is COc1ccc(CN2C(=O)C(=Cc3c(NC4CCC(C)CC4)nc4ccc(C)cn4c3=O)SC2=S)cc1. The number of methoxy groups -OCH3 is 1. The number of carbonyl (C=O) groups is 1. The van der Waals surface area contributed by atoms with Crippen molar-refractivity contribution in [3.63, 3.8) is 0 Å². The van der Waals surface area contributed by atoms with Crippen LogP contribution in [0.3, 0.4) is 0 Å². The Morgan fingerprint density at radius 1 is 1.14 bits per heavy atom. The largest absolute Gasteiger partial charge is 0.497 e. The summed E-state index contributed by atoms with van der Waals surface area (Å²) in [7, 11) is 1.62. The van der Waals surface area contributed by atoms with Crippen LogP contribution in [0.4, 0.5) is 5.82 Å². The molecule has 1 aromatic carbocycles. The zero-order valence-corrected chi connectivity index (χ0v) is 22.8. The van der Waals surface area contributed by atoms with E-state index in [1.54, 1.807) is 28.7 Å². The normalized spacial score (nSPS) is 21.2. The second kappa shape index (κ2) is 10.7. The number of aryl methyl sites for hydroxylation is 1. The van der Waals surface area contributed by atoms with E-state index in [4.69, 9.17) is 21.9 Å². The molecule has 0 unspecified atom stereocenters. The molecule has 1 N–H and O–H groups in total. The van der Waals surface area contributed by atoms with Crippen LogP contribution in [0.5, 0.6) is 5.75 Å². The fourth-order valence-electron chi connectivity index (χ4n) is 4.78. The lowest BCUT2D eigenvalue weighted by Gasteiger charge is -2.27. The van der Waals surface area contributed by atoms with E-state index in [2.05, 4.69) is 12.2 Å². The third-order valence-corrected chi connectivity index (χ3v) is 8.39. The highest BCUT2D eigenvalue weighted by molar-refractivity contribution is 8.26. The zero-order chi connectivity index (χ0) is 26.1. The number of hydrogen-bond donors (Lipinski definition) is 1. The standard InChI is InChI=1S/C28H30N4O3S2/c1-17-4-9-20(10-5-17)29-25-22(26(33)31-15-18(2)6-13-24(31)30-25)14-23-27(34)32(28(36)37-23)16-19-7-11-21(35-3)12-8-19/h6-8,11-15,17,20,29H,4-5,9-10,16H2,1-3H3. The van der Waals surface area contributed by atoms with Crippen LogP contribution >= 0.6 is 24.0 Å². The van der Waals surface area contributed by atoms with E-state index in [1.807, 2.05) is 43.3 Å². The predicted molar refractivity (Wildman–Crippen MR) is 153 cm³/mol. The Morgan fingerprint density at radius 2 is 1.86 bits per heavy atom. The summed E-state index contributed by atoms with van der Waals surface area (Å²) in [5.41, 5.74) is 2.64. The molecular weight excluding hydrogens is 504 g/mol. The van der Waals surface area contributed by atoms with E-state index < -0.39 is 0 Å². The van der Waals surface area contributed by atoms with Gasteiger partial charge in [-0.05, 0) is 73.9 Å². The zero-order valence-electron chi connectivity index (χ0n) is 21.2. The van der Waals surface area contributed by atoms with Crippen molar-refractivity contribution in [1.29, 1.82) is 0 Å². The number of thioether (sulfide) groups is 1. The second-order valence-corrected chi connectivity index (χ2v) is 11.5. The van der Waals surface area contributed by atoms with E-state index in [0.29, 0.717) is 38.7 Å². The Labute approximate surface area is 225 Å². The third kappa shape index (κ3) is 5.43. The van der Waals surface area contributed by atoms with Crippen LogP contribution in [-0.2, 0) is 11.3 Å². The average Bonchev–Trinajstić information content (AvgIpc) is 3.16. The van der Waals surface area contributed by atoms with Gasteiger partial charge in [0.05, 0.1) is 24.1 Å². The number of nitrogens with one attached hydrogen (secondary N) is 1. The van der Waals surface area contributed by atoms with Crippen LogP contribution in [0.2, 0.25) is 0 Å². The molecular formula is C28H30N4O3S2. The number of carbonyl (C=O) groups excluding carboxylic acids is 1. The number of benzene rings is 1. The Balaban J connectivity index is 1.49. The molecule has 37 heavy (non-hydrogen) atoms. The molecule has 1 aliphatic carbocycles. The third-order valence-electron chi connectivity index (χ3n) is 7.01. The fourth-order valence-corrected chi connectivity index (χ4v) is 6.01. The minimum Gasteiger partial charge on any atom is -0.497 e. The molecule has 3 aromatic rings. The quantitative estimate of drug-likeness (QED) is 0.335. The number of aromatic nitrogens is 2. The maximum absolute atomic E-state index is 13.7. The van der Waals surface area contributed by atoms with Crippen LogP contribution in [0, 0.1) is 12.8 Å². The van der Waals surface area contributed by atoms with Gasteiger partial charge in [-0.1, -0.05) is 49.1 Å². The number of rotatable bonds is 6. The molecule has 1 amide bonds. The van der Waals surface area contributed by atoms with Crippen LogP contribution in [0.15, 0.2) is 52.3 Å². The van der Waals surface area contributed by atoms with Crippen molar-refractivity contribution in [3.8, 4) is 5.75 Å². The van der Waals surface area contributed by atoms with Crippen molar-refractivity contribution < 1.29 is 9.53 Å². The van der Waals surface area contributed by atoms with Gasteiger partial charge in [-0.25, -0.2) is 4.98 Å². The van der Waals surface area contributed by atoms with E-state index in [-0.39, 0.29) is 17.5 Å². The van der Waals surface area contributed by atoms with Gasteiger partial charge < -0.3 is 10.1 Å². The summed E-state index contributed by atoms with van der Waals surface area (Å²) in [5, 5.41) is 3.53. The minimum atomic E-state index is -0.211. The number of nitrogens with zero attached hydrogens (tertiary/aromatic N) is 3. The Morgan fingerprint density at radius 3 is 2.57 bits per heavy atom. The van der Waals surface area contributed by atoms with E-state index in [0.717, 1.165) is 42.6 Å². The molecule has 5 rings (SSSR count). The van der Waals surface area contributed by atoms with Crippen molar-refractivity contribution >= 4 is 51.7 Å². The van der Waals surface area contributed by atoms with Gasteiger partial charge in [0.15, 0.2) is 0 Å². The van der Waals surface area contributed by atoms with Crippen LogP contribution in [0.1, 0.15) is 49.3 Å². The van der Waals surface area contributed by atoms with Crippen LogP contribution < -0.4 is 15.6 Å². The second-order valence-electron chi connectivity index (χ2n) is 9.83. The van der Waals surface area contributed by atoms with E-state index in [1.165, 1.54) is 11.8 Å². The highest BCUT2D eigenvalue weighted by Crippen LogP contribution is 2.35. The summed E-state index contributed by atoms with van der Waals surface area (Å²) in [6.45, 7) is 4.56. The van der Waals surface area contributed by atoms with Crippen LogP contribution in [0.25, 0.3) is 11.7 Å². The summed E-state index contributed by atoms with van der Waals surface area (Å²) in [6, 6.07) is 11.6. The number of fused-ring (bicyclic) bond motifs is 1. The van der Waals surface area contributed by atoms with Gasteiger partial charge in [-0.2, -0.15) is 0 Å². The van der Waals surface area contributed by atoms with E-state index >= 15 is 0 Å². The fraction of sp³-hybridized carbons (Fsp3) is 0.357. The van der Waals surface area contributed by atoms with Crippen molar-refractivity contribution in [2.75, 3.05) is 12.4 Å². The smallest absolute Gasteiger partial charge is 0.267 e. The monoisotopic (exact) mass is 534 g/mol. The first-order valence-corrected chi connectivity index (χ1v) is 13.7. The van der Waals surface area contributed by atoms with Crippen LogP contribution in [-0.4, -0.2) is 37.7 Å². The summed E-state index contributed by atoms with van der Waals surface area (Å²) < 4.78 is 7.24. The van der Waals surface area contributed by atoms with Gasteiger partial charge >= 0.3 is 0 Å². The summed E-state index contributed by atoms with van der Waals surface area (Å²) in [6.07, 6.45) is 7.78. The topological polar surface area (TPSA) is 75.9 Å². The lowest BCUT2D eigenvalue weighted by atomic mass is 9.87. The number of ether oxygens (including phenoxy) is 1. The maximum atomic E-state index is 13.7. The number of anilines is 1. The van der Waals surface area contributed by atoms with E-state index in [9.17, 15) is 9.59 Å². The predicted octanol–water partition coefficient (Wildman–Crippen LogP) is 5.40. The molecule has 2 fully saturated rings. The van der Waals surface area contributed by atoms with Gasteiger partial charge in [0, 0.05) is 12.2 Å². The van der Waals surface area contributed by atoms with Gasteiger partial charge in [0.1, 0.15) is 21.5 Å². The lowest BCUT2D eigenvalue weighted by Crippen LogP contribution is -2.29. The maximum Gasteiger partial charge on any atom is 0.267 e. The molecule has 1 saturated heterocycles. The highest BCUT2D eigenvalue weighted by atomic mass is 32.2. The molecule has 0 atom stereocenters. The molecule has 7 nitrogen and oxygen atoms in total. The highest BCUT2D eigenvalue weighted by Gasteiger charge is 2.33. The Hall–Kier alpha value is -3.17. The molecule has 0 bridgehead atoms. The van der Waals surface area contributed by atoms with Gasteiger partial charge in [0.25, 0.3) is 11.5 Å². The Bertz CT molecular complexity index is 1440. The molecule has 1 saturated carbocycles. The van der Waals surface area contributed by atoms with Gasteiger partial charge in [-0.3, -0.25) is 18.9 Å². The number of pyridine rings is 1. The molecule has 1 aliphatic heterocycles. The summed E-state index contributed by atoms with van der Waals surface area (Å²) in [4.78, 5) is 33.9.